The van der Waals surface area contributed by atoms with Crippen LogP contribution in [0.25, 0.3) is 22.5 Å². The van der Waals surface area contributed by atoms with Crippen molar-refractivity contribution in [1.82, 2.24) is 19.9 Å². The molecule has 1 aromatic carbocycles. The number of H-pyrrole nitrogens is 2. The number of halogens is 4. The molecule has 284 valence electrons. The number of benzene rings is 1. The van der Waals surface area contributed by atoms with Gasteiger partial charge in [0.1, 0.15) is 0 Å². The van der Waals surface area contributed by atoms with Crippen molar-refractivity contribution in [3.05, 3.63) is 120 Å². The molecule has 0 spiro atoms. The third-order valence-corrected chi connectivity index (χ3v) is 7.88. The van der Waals surface area contributed by atoms with Crippen molar-refractivity contribution in [1.29, 1.82) is 0 Å². The molecular formula is C38H50Cl4N6O4. The SMILES string of the molecule is CCOC(=O)c1cc(-c2ccncc2)[nH]c1CC(N)C(C)C.CCOC(=O)c1cc(-c2ccncc2)[nH]c1CC(N)Cc1ccccc1.Cl.Cl.Cl.Cl. The normalized spacial score (nSPS) is 11.2. The van der Waals surface area contributed by atoms with E-state index in [1.54, 1.807) is 38.6 Å². The molecule has 0 aliphatic heterocycles. The van der Waals surface area contributed by atoms with E-state index in [-0.39, 0.29) is 73.7 Å². The van der Waals surface area contributed by atoms with Crippen LogP contribution in [0.3, 0.4) is 0 Å². The van der Waals surface area contributed by atoms with E-state index >= 15 is 0 Å². The van der Waals surface area contributed by atoms with Gasteiger partial charge in [0.25, 0.3) is 0 Å². The lowest BCUT2D eigenvalue weighted by molar-refractivity contribution is 0.0515. The molecule has 5 rings (SSSR count). The number of hydrogen-bond donors (Lipinski definition) is 4. The number of aromatic nitrogens is 4. The van der Waals surface area contributed by atoms with Crippen LogP contribution in [0.2, 0.25) is 0 Å². The molecule has 6 N–H and O–H groups in total. The summed E-state index contributed by atoms with van der Waals surface area (Å²) >= 11 is 0. The third kappa shape index (κ3) is 13.9. The summed E-state index contributed by atoms with van der Waals surface area (Å²) in [5.74, 6) is -0.307. The van der Waals surface area contributed by atoms with Gasteiger partial charge in [-0.05, 0) is 68.1 Å². The fourth-order valence-electron chi connectivity index (χ4n) is 5.20. The average molecular weight is 797 g/mol. The van der Waals surface area contributed by atoms with Gasteiger partial charge in [-0.2, -0.15) is 0 Å². The van der Waals surface area contributed by atoms with E-state index in [0.29, 0.717) is 43.1 Å². The molecular weight excluding hydrogens is 746 g/mol. The Kier molecular flexibility index (Phi) is 22.5. The Hall–Kier alpha value is -3.90. The van der Waals surface area contributed by atoms with Crippen molar-refractivity contribution in [2.24, 2.45) is 17.4 Å². The third-order valence-electron chi connectivity index (χ3n) is 7.88. The molecule has 0 fully saturated rings. The lowest BCUT2D eigenvalue weighted by Crippen LogP contribution is -2.29. The summed E-state index contributed by atoms with van der Waals surface area (Å²) in [5.41, 5.74) is 20.1. The summed E-state index contributed by atoms with van der Waals surface area (Å²) in [7, 11) is 0. The number of hydrogen-bond acceptors (Lipinski definition) is 8. The second-order valence-corrected chi connectivity index (χ2v) is 11.8. The first kappa shape index (κ1) is 48.1. The van der Waals surface area contributed by atoms with Crippen LogP contribution in [-0.2, 0) is 28.7 Å². The number of nitrogens with two attached hydrogens (primary N) is 2. The lowest BCUT2D eigenvalue weighted by atomic mass is 9.99. The number of nitrogens with one attached hydrogen (secondary N) is 2. The Balaban J connectivity index is 0.000000940. The van der Waals surface area contributed by atoms with Gasteiger partial charge in [0, 0.05) is 83.6 Å². The molecule has 0 radical (unpaired) electrons. The monoisotopic (exact) mass is 794 g/mol. The maximum absolute atomic E-state index is 12.4. The van der Waals surface area contributed by atoms with Crippen LogP contribution in [0.5, 0.6) is 0 Å². The first-order chi connectivity index (χ1) is 23.2. The minimum absolute atomic E-state index is 0. The molecule has 0 bridgehead atoms. The molecule has 10 nitrogen and oxygen atoms in total. The molecule has 0 aliphatic carbocycles. The molecule has 0 aliphatic rings. The molecule has 4 aromatic heterocycles. The first-order valence-corrected chi connectivity index (χ1v) is 16.3. The van der Waals surface area contributed by atoms with E-state index in [4.69, 9.17) is 20.9 Å². The molecule has 0 amide bonds. The maximum atomic E-state index is 12.4. The number of rotatable bonds is 13. The van der Waals surface area contributed by atoms with Crippen molar-refractivity contribution in [3.63, 3.8) is 0 Å². The summed E-state index contributed by atoms with van der Waals surface area (Å²) in [4.78, 5) is 39.2. The number of aromatic amines is 2. The van der Waals surface area contributed by atoms with Gasteiger partial charge >= 0.3 is 11.9 Å². The second-order valence-electron chi connectivity index (χ2n) is 11.8. The quantitative estimate of drug-likeness (QED) is 0.0877. The van der Waals surface area contributed by atoms with Crippen molar-refractivity contribution >= 4 is 61.6 Å². The maximum Gasteiger partial charge on any atom is 0.339 e. The van der Waals surface area contributed by atoms with Crippen molar-refractivity contribution < 1.29 is 19.1 Å². The van der Waals surface area contributed by atoms with Gasteiger partial charge in [-0.1, -0.05) is 44.2 Å². The number of pyridine rings is 2. The van der Waals surface area contributed by atoms with Gasteiger partial charge in [0.05, 0.1) is 24.3 Å². The summed E-state index contributed by atoms with van der Waals surface area (Å²) in [6.45, 7) is 8.43. The van der Waals surface area contributed by atoms with Crippen LogP contribution < -0.4 is 11.5 Å². The van der Waals surface area contributed by atoms with Crippen molar-refractivity contribution in [2.45, 2.75) is 59.0 Å². The number of ether oxygens (including phenoxy) is 2. The zero-order valence-corrected chi connectivity index (χ0v) is 33.0. The van der Waals surface area contributed by atoms with E-state index < -0.39 is 0 Å². The van der Waals surface area contributed by atoms with Crippen LogP contribution in [-0.4, -0.2) is 57.2 Å². The fraction of sp³-hybridized carbons (Fsp3) is 0.316. The smallest absolute Gasteiger partial charge is 0.339 e. The van der Waals surface area contributed by atoms with E-state index in [9.17, 15) is 9.59 Å². The highest BCUT2D eigenvalue weighted by Gasteiger charge is 2.21. The highest BCUT2D eigenvalue weighted by Crippen LogP contribution is 2.25. The van der Waals surface area contributed by atoms with Crippen molar-refractivity contribution in [2.75, 3.05) is 13.2 Å². The molecule has 5 aromatic rings. The number of nitrogens with zero attached hydrogens (tertiary/aromatic N) is 2. The van der Waals surface area contributed by atoms with Gasteiger partial charge < -0.3 is 30.9 Å². The molecule has 0 saturated carbocycles. The zero-order chi connectivity index (χ0) is 34.5. The molecule has 4 heterocycles. The van der Waals surface area contributed by atoms with Crippen LogP contribution in [0, 0.1) is 5.92 Å². The Morgan fingerprint density at radius 3 is 1.48 bits per heavy atom. The predicted molar refractivity (Wildman–Crippen MR) is 217 cm³/mol. The Morgan fingerprint density at radius 2 is 1.08 bits per heavy atom. The van der Waals surface area contributed by atoms with E-state index in [0.717, 1.165) is 40.3 Å². The van der Waals surface area contributed by atoms with Gasteiger partial charge in [-0.15, -0.1) is 49.6 Å². The number of esters is 2. The molecule has 2 atom stereocenters. The number of carbonyl (C=O) groups excluding carboxylic acids is 2. The highest BCUT2D eigenvalue weighted by molar-refractivity contribution is 5.93. The minimum atomic E-state index is -0.328. The molecule has 14 heteroatoms. The summed E-state index contributed by atoms with van der Waals surface area (Å²) < 4.78 is 10.4. The number of carbonyl (C=O) groups is 2. The fourth-order valence-corrected chi connectivity index (χ4v) is 5.20. The van der Waals surface area contributed by atoms with E-state index in [1.807, 2.05) is 54.6 Å². The van der Waals surface area contributed by atoms with E-state index in [1.165, 1.54) is 5.56 Å². The van der Waals surface area contributed by atoms with Crippen LogP contribution in [0.4, 0.5) is 0 Å². The Bertz CT molecular complexity index is 1740. The van der Waals surface area contributed by atoms with Crippen LogP contribution in [0.15, 0.2) is 91.5 Å². The molecule has 0 saturated heterocycles. The first-order valence-electron chi connectivity index (χ1n) is 16.3. The molecule has 52 heavy (non-hydrogen) atoms. The summed E-state index contributed by atoms with van der Waals surface area (Å²) in [6, 6.07) is 21.2. The van der Waals surface area contributed by atoms with Crippen LogP contribution in [0.1, 0.15) is 65.4 Å². The second kappa shape index (κ2) is 24.4. The average Bonchev–Trinajstić information content (AvgIpc) is 3.71. The Morgan fingerprint density at radius 1 is 0.654 bits per heavy atom. The summed E-state index contributed by atoms with van der Waals surface area (Å²) in [5, 5.41) is 0. The molecule has 2 unspecified atom stereocenters. The topological polar surface area (TPSA) is 162 Å². The van der Waals surface area contributed by atoms with E-state index in [2.05, 4.69) is 45.9 Å². The lowest BCUT2D eigenvalue weighted by Gasteiger charge is -2.15. The Labute approximate surface area is 330 Å². The predicted octanol–water partition coefficient (Wildman–Crippen LogP) is 7.83. The van der Waals surface area contributed by atoms with Gasteiger partial charge in [0.2, 0.25) is 0 Å². The van der Waals surface area contributed by atoms with Crippen molar-refractivity contribution in [3.8, 4) is 22.5 Å². The largest absolute Gasteiger partial charge is 0.462 e. The zero-order valence-electron chi connectivity index (χ0n) is 29.7. The van der Waals surface area contributed by atoms with Gasteiger partial charge in [0.15, 0.2) is 0 Å². The standard InChI is InChI=1S/C21H23N3O2.C17H23N3O2.4ClH/c1-2-26-21(25)18-14-19(16-8-10-23-11-9-16)24-20(18)13-17(22)12-15-6-4-3-5-7-15;1-4-22-17(21)13-9-15(12-5-7-19-8-6-12)20-16(13)10-14(18)11(2)3;;;;/h3-11,14,17,24H,2,12-13,22H2,1H3;5-9,11,14,20H,4,10,18H2,1-3H3;4*1H. The van der Waals surface area contributed by atoms with Gasteiger partial charge in [-0.3, -0.25) is 9.97 Å². The van der Waals surface area contributed by atoms with Crippen LogP contribution >= 0.6 is 49.6 Å². The minimum Gasteiger partial charge on any atom is -0.462 e. The summed E-state index contributed by atoms with van der Waals surface area (Å²) in [6.07, 6.45) is 8.80. The highest BCUT2D eigenvalue weighted by atomic mass is 35.5. The van der Waals surface area contributed by atoms with Gasteiger partial charge in [-0.25, -0.2) is 9.59 Å².